The van der Waals surface area contributed by atoms with Gasteiger partial charge in [-0.3, -0.25) is 10.1 Å². The summed E-state index contributed by atoms with van der Waals surface area (Å²) in [6.45, 7) is 2.44. The highest BCUT2D eigenvalue weighted by atomic mass is 16.5. The van der Waals surface area contributed by atoms with E-state index in [4.69, 9.17) is 9.47 Å². The van der Waals surface area contributed by atoms with Crippen LogP contribution in [0.4, 0.5) is 0 Å². The number of carboxylic acids is 1. The van der Waals surface area contributed by atoms with Crippen LogP contribution in [0, 0.1) is 0 Å². The quantitative estimate of drug-likeness (QED) is 0.810. The SMILES string of the molecule is COc1cc(CN[C@H](Cc2ccccc2)C(=O)O)c2c(c1)CC(C)O2. The molecule has 0 fully saturated rings. The van der Waals surface area contributed by atoms with Crippen LogP contribution in [0.2, 0.25) is 0 Å². The summed E-state index contributed by atoms with van der Waals surface area (Å²) in [6.07, 6.45) is 1.39. The van der Waals surface area contributed by atoms with Crippen molar-refractivity contribution in [2.45, 2.75) is 38.5 Å². The van der Waals surface area contributed by atoms with E-state index in [9.17, 15) is 9.90 Å². The minimum atomic E-state index is -0.863. The number of aliphatic carboxylic acids is 1. The normalized spacial score (nSPS) is 16.8. The van der Waals surface area contributed by atoms with Gasteiger partial charge in [0.15, 0.2) is 0 Å². The largest absolute Gasteiger partial charge is 0.497 e. The Morgan fingerprint density at radius 2 is 2.12 bits per heavy atom. The fraction of sp³-hybridized carbons (Fsp3) is 0.350. The molecular formula is C20H23NO4. The molecule has 0 saturated heterocycles. The van der Waals surface area contributed by atoms with Gasteiger partial charge in [-0.1, -0.05) is 30.3 Å². The molecule has 0 aliphatic carbocycles. The van der Waals surface area contributed by atoms with Gasteiger partial charge >= 0.3 is 5.97 Å². The van der Waals surface area contributed by atoms with Crippen molar-refractivity contribution in [2.24, 2.45) is 0 Å². The molecule has 1 heterocycles. The van der Waals surface area contributed by atoms with Crippen molar-refractivity contribution in [3.8, 4) is 11.5 Å². The predicted molar refractivity (Wildman–Crippen MR) is 95.2 cm³/mol. The average molecular weight is 341 g/mol. The van der Waals surface area contributed by atoms with E-state index in [0.29, 0.717) is 13.0 Å². The fourth-order valence-electron chi connectivity index (χ4n) is 3.16. The van der Waals surface area contributed by atoms with Crippen LogP contribution >= 0.6 is 0 Å². The van der Waals surface area contributed by atoms with Crippen molar-refractivity contribution in [3.05, 3.63) is 59.2 Å². The summed E-state index contributed by atoms with van der Waals surface area (Å²) >= 11 is 0. The number of benzene rings is 2. The zero-order valence-electron chi connectivity index (χ0n) is 14.5. The van der Waals surface area contributed by atoms with E-state index in [2.05, 4.69) is 5.32 Å². The van der Waals surface area contributed by atoms with Gasteiger partial charge in [0.25, 0.3) is 0 Å². The molecule has 0 bridgehead atoms. The lowest BCUT2D eigenvalue weighted by molar-refractivity contribution is -0.139. The number of nitrogens with one attached hydrogen (secondary N) is 1. The number of hydrogen-bond donors (Lipinski definition) is 2. The number of fused-ring (bicyclic) bond motifs is 1. The van der Waals surface area contributed by atoms with Crippen molar-refractivity contribution in [2.75, 3.05) is 7.11 Å². The van der Waals surface area contributed by atoms with Crippen molar-refractivity contribution in [1.29, 1.82) is 0 Å². The summed E-state index contributed by atoms with van der Waals surface area (Å²) < 4.78 is 11.3. The van der Waals surface area contributed by atoms with Crippen LogP contribution in [0.25, 0.3) is 0 Å². The Morgan fingerprint density at radius 3 is 2.80 bits per heavy atom. The molecule has 2 aromatic rings. The number of rotatable bonds is 7. The summed E-state index contributed by atoms with van der Waals surface area (Å²) in [5.41, 5.74) is 3.03. The third kappa shape index (κ3) is 4.12. The van der Waals surface area contributed by atoms with Crippen molar-refractivity contribution in [3.63, 3.8) is 0 Å². The smallest absolute Gasteiger partial charge is 0.321 e. The van der Waals surface area contributed by atoms with E-state index < -0.39 is 12.0 Å². The first-order chi connectivity index (χ1) is 12.1. The summed E-state index contributed by atoms with van der Waals surface area (Å²) in [6, 6.07) is 12.9. The Morgan fingerprint density at radius 1 is 1.36 bits per heavy atom. The van der Waals surface area contributed by atoms with Gasteiger partial charge in [-0.05, 0) is 31.0 Å². The second-order valence-electron chi connectivity index (χ2n) is 6.37. The minimum absolute atomic E-state index is 0.125. The van der Waals surface area contributed by atoms with Gasteiger partial charge < -0.3 is 14.6 Å². The highest BCUT2D eigenvalue weighted by Crippen LogP contribution is 2.36. The second kappa shape index (κ2) is 7.57. The lowest BCUT2D eigenvalue weighted by Crippen LogP contribution is -2.38. The Labute approximate surface area is 147 Å². The molecule has 2 aromatic carbocycles. The predicted octanol–water partition coefficient (Wildman–Crippen LogP) is 2.80. The number of hydrogen-bond acceptors (Lipinski definition) is 4. The second-order valence-corrected chi connectivity index (χ2v) is 6.37. The molecule has 1 unspecified atom stereocenters. The molecule has 1 aliphatic heterocycles. The first-order valence-electron chi connectivity index (χ1n) is 8.43. The first-order valence-corrected chi connectivity index (χ1v) is 8.43. The molecular weight excluding hydrogens is 318 g/mol. The monoisotopic (exact) mass is 341 g/mol. The molecule has 2 atom stereocenters. The molecule has 2 N–H and O–H groups in total. The van der Waals surface area contributed by atoms with E-state index in [1.165, 1.54) is 0 Å². The van der Waals surface area contributed by atoms with E-state index in [1.807, 2.05) is 49.4 Å². The highest BCUT2D eigenvalue weighted by Gasteiger charge is 2.25. The van der Waals surface area contributed by atoms with Gasteiger partial charge in [0.05, 0.1) is 7.11 Å². The lowest BCUT2D eigenvalue weighted by atomic mass is 10.0. The molecule has 5 heteroatoms. The van der Waals surface area contributed by atoms with Crippen LogP contribution in [0.5, 0.6) is 11.5 Å². The number of methoxy groups -OCH3 is 1. The van der Waals surface area contributed by atoms with Crippen LogP contribution in [0.15, 0.2) is 42.5 Å². The molecule has 0 radical (unpaired) electrons. The fourth-order valence-corrected chi connectivity index (χ4v) is 3.16. The van der Waals surface area contributed by atoms with E-state index >= 15 is 0 Å². The van der Waals surface area contributed by atoms with Gasteiger partial charge in [-0.25, -0.2) is 0 Å². The molecule has 3 rings (SSSR count). The van der Waals surface area contributed by atoms with E-state index in [0.717, 1.165) is 34.6 Å². The lowest BCUT2D eigenvalue weighted by Gasteiger charge is -2.17. The van der Waals surface area contributed by atoms with Gasteiger partial charge in [0, 0.05) is 24.1 Å². The zero-order chi connectivity index (χ0) is 17.8. The standard InChI is InChI=1S/C20H23NO4/c1-13-8-15-10-17(24-2)11-16(19(15)25-13)12-21-18(20(22)23)9-14-6-4-3-5-7-14/h3-7,10-11,13,18,21H,8-9,12H2,1-2H3,(H,22,23)/t13?,18-/m1/s1. The molecule has 1 aliphatic rings. The van der Waals surface area contributed by atoms with Gasteiger partial charge in [-0.15, -0.1) is 0 Å². The summed E-state index contributed by atoms with van der Waals surface area (Å²) in [7, 11) is 1.63. The molecule has 5 nitrogen and oxygen atoms in total. The number of carbonyl (C=O) groups is 1. The third-order valence-corrected chi connectivity index (χ3v) is 4.40. The Bertz CT molecular complexity index is 745. The molecule has 0 saturated carbocycles. The summed E-state index contributed by atoms with van der Waals surface area (Å²) in [5, 5.41) is 12.7. The van der Waals surface area contributed by atoms with Crippen LogP contribution in [0.3, 0.4) is 0 Å². The highest BCUT2D eigenvalue weighted by molar-refractivity contribution is 5.74. The van der Waals surface area contributed by atoms with E-state index in [-0.39, 0.29) is 6.10 Å². The van der Waals surface area contributed by atoms with Crippen molar-refractivity contribution in [1.82, 2.24) is 5.32 Å². The third-order valence-electron chi connectivity index (χ3n) is 4.40. The molecule has 0 spiro atoms. The van der Waals surface area contributed by atoms with Crippen LogP contribution in [-0.2, 0) is 24.2 Å². The summed E-state index contributed by atoms with van der Waals surface area (Å²) in [4.78, 5) is 11.6. The first kappa shape index (κ1) is 17.3. The topological polar surface area (TPSA) is 67.8 Å². The molecule has 0 aromatic heterocycles. The molecule has 132 valence electrons. The zero-order valence-corrected chi connectivity index (χ0v) is 14.5. The Hall–Kier alpha value is -2.53. The Kier molecular flexibility index (Phi) is 5.24. The summed E-state index contributed by atoms with van der Waals surface area (Å²) in [5.74, 6) is 0.755. The molecule has 0 amide bonds. The minimum Gasteiger partial charge on any atom is -0.497 e. The van der Waals surface area contributed by atoms with Gasteiger partial charge in [0.2, 0.25) is 0 Å². The maximum absolute atomic E-state index is 11.6. The van der Waals surface area contributed by atoms with Crippen LogP contribution in [0.1, 0.15) is 23.6 Å². The average Bonchev–Trinajstić information content (AvgIpc) is 2.99. The number of carboxylic acid groups (broad SMARTS) is 1. The van der Waals surface area contributed by atoms with E-state index in [1.54, 1.807) is 7.11 Å². The van der Waals surface area contributed by atoms with Gasteiger partial charge in [-0.2, -0.15) is 0 Å². The van der Waals surface area contributed by atoms with Gasteiger partial charge in [0.1, 0.15) is 23.6 Å². The van der Waals surface area contributed by atoms with Crippen LogP contribution in [-0.4, -0.2) is 30.3 Å². The Balaban J connectivity index is 1.75. The van der Waals surface area contributed by atoms with Crippen molar-refractivity contribution >= 4 is 5.97 Å². The number of ether oxygens (including phenoxy) is 2. The maximum atomic E-state index is 11.6. The maximum Gasteiger partial charge on any atom is 0.321 e. The van der Waals surface area contributed by atoms with Crippen LogP contribution < -0.4 is 14.8 Å². The van der Waals surface area contributed by atoms with Crippen molar-refractivity contribution < 1.29 is 19.4 Å². The molecule has 25 heavy (non-hydrogen) atoms.